The molecule has 0 radical (unpaired) electrons. The maximum absolute atomic E-state index is 4.58. The first kappa shape index (κ1) is 10.3. The Kier molecular flexibility index (Phi) is 4.42. The van der Waals surface area contributed by atoms with Crippen LogP contribution in [0.2, 0.25) is 0 Å². The summed E-state index contributed by atoms with van der Waals surface area (Å²) in [6, 6.07) is 0. The van der Waals surface area contributed by atoms with E-state index < -0.39 is 0 Å². The average Bonchev–Trinajstić information content (AvgIpc) is 1.87. The first-order chi connectivity index (χ1) is 4.52. The van der Waals surface area contributed by atoms with Gasteiger partial charge in [0.2, 0.25) is 0 Å². The fourth-order valence-corrected chi connectivity index (χ4v) is 1.35. The summed E-state index contributed by atoms with van der Waals surface area (Å²) in [5.41, 5.74) is 0. The number of thiol groups is 1. The zero-order chi connectivity index (χ0) is 8.20. The van der Waals surface area contributed by atoms with E-state index in [0.29, 0.717) is 0 Å². The minimum Gasteiger partial charge on any atom is -0.173 e. The molecule has 0 aromatic rings. The maximum Gasteiger partial charge on any atom is 0.0101 e. The SMILES string of the molecule is CCC(C)CC(C)(S)CC. The maximum atomic E-state index is 4.58. The lowest BCUT2D eigenvalue weighted by Gasteiger charge is -2.24. The molecule has 0 spiro atoms. The third-order valence-electron chi connectivity index (χ3n) is 2.25. The summed E-state index contributed by atoms with van der Waals surface area (Å²) < 4.78 is 0.259. The van der Waals surface area contributed by atoms with Crippen LogP contribution < -0.4 is 0 Å². The van der Waals surface area contributed by atoms with Crippen LogP contribution in [0.3, 0.4) is 0 Å². The molecular formula is C9H20S. The van der Waals surface area contributed by atoms with Crippen molar-refractivity contribution in [3.63, 3.8) is 0 Å². The molecule has 0 aliphatic heterocycles. The van der Waals surface area contributed by atoms with Gasteiger partial charge in [0, 0.05) is 4.75 Å². The largest absolute Gasteiger partial charge is 0.173 e. The summed E-state index contributed by atoms with van der Waals surface area (Å²) in [7, 11) is 0. The van der Waals surface area contributed by atoms with Crippen LogP contribution in [0.1, 0.15) is 47.0 Å². The highest BCUT2D eigenvalue weighted by Gasteiger charge is 2.18. The second-order valence-corrected chi connectivity index (χ2v) is 4.65. The Morgan fingerprint density at radius 1 is 1.40 bits per heavy atom. The van der Waals surface area contributed by atoms with E-state index in [-0.39, 0.29) is 4.75 Å². The fraction of sp³-hybridized carbons (Fsp3) is 1.00. The topological polar surface area (TPSA) is 0 Å². The van der Waals surface area contributed by atoms with Gasteiger partial charge in [0.15, 0.2) is 0 Å². The van der Waals surface area contributed by atoms with Crippen LogP contribution in [0, 0.1) is 5.92 Å². The zero-order valence-electron chi connectivity index (χ0n) is 7.65. The third-order valence-corrected chi connectivity index (χ3v) is 2.75. The van der Waals surface area contributed by atoms with Crippen molar-refractivity contribution >= 4 is 12.6 Å². The van der Waals surface area contributed by atoms with Crippen LogP contribution in [0.4, 0.5) is 0 Å². The van der Waals surface area contributed by atoms with Crippen molar-refractivity contribution in [2.45, 2.75) is 51.7 Å². The van der Waals surface area contributed by atoms with Gasteiger partial charge in [0.1, 0.15) is 0 Å². The molecule has 0 rings (SSSR count). The molecule has 0 aromatic carbocycles. The summed E-state index contributed by atoms with van der Waals surface area (Å²) in [5, 5.41) is 0. The molecule has 0 bridgehead atoms. The normalized spacial score (nSPS) is 20.1. The van der Waals surface area contributed by atoms with E-state index in [1.54, 1.807) is 0 Å². The molecule has 0 saturated carbocycles. The molecule has 0 aliphatic rings. The quantitative estimate of drug-likeness (QED) is 0.598. The standard InChI is InChI=1S/C9H20S/c1-5-8(3)7-9(4,10)6-2/h8,10H,5-7H2,1-4H3. The lowest BCUT2D eigenvalue weighted by molar-refractivity contribution is 0.431. The predicted octanol–water partition coefficient (Wildman–Crippen LogP) is 3.52. The van der Waals surface area contributed by atoms with Crippen LogP contribution in [-0.2, 0) is 0 Å². The highest BCUT2D eigenvalue weighted by Crippen LogP contribution is 2.27. The summed E-state index contributed by atoms with van der Waals surface area (Å²) >= 11 is 4.58. The van der Waals surface area contributed by atoms with Crippen molar-refractivity contribution in [1.82, 2.24) is 0 Å². The molecule has 10 heavy (non-hydrogen) atoms. The molecular weight excluding hydrogens is 140 g/mol. The van der Waals surface area contributed by atoms with Gasteiger partial charge in [-0.05, 0) is 18.8 Å². The minimum absolute atomic E-state index is 0.259. The summed E-state index contributed by atoms with van der Waals surface area (Å²) in [6.07, 6.45) is 3.68. The highest BCUT2D eigenvalue weighted by molar-refractivity contribution is 7.81. The third kappa shape index (κ3) is 4.21. The van der Waals surface area contributed by atoms with Crippen molar-refractivity contribution in [3.8, 4) is 0 Å². The van der Waals surface area contributed by atoms with Gasteiger partial charge in [-0.15, -0.1) is 0 Å². The summed E-state index contributed by atoms with van der Waals surface area (Å²) in [5.74, 6) is 0.822. The lowest BCUT2D eigenvalue weighted by Crippen LogP contribution is -2.18. The van der Waals surface area contributed by atoms with Crippen LogP contribution in [0.15, 0.2) is 0 Å². The molecule has 0 N–H and O–H groups in total. The zero-order valence-corrected chi connectivity index (χ0v) is 8.54. The van der Waals surface area contributed by atoms with Crippen LogP contribution in [0.5, 0.6) is 0 Å². The summed E-state index contributed by atoms with van der Waals surface area (Å²) in [4.78, 5) is 0. The smallest absolute Gasteiger partial charge is 0.0101 e. The number of rotatable bonds is 4. The molecule has 2 unspecified atom stereocenters. The number of hydrogen-bond donors (Lipinski definition) is 1. The Morgan fingerprint density at radius 3 is 2.20 bits per heavy atom. The Hall–Kier alpha value is 0.350. The van der Waals surface area contributed by atoms with Crippen LogP contribution in [0.25, 0.3) is 0 Å². The fourth-order valence-electron chi connectivity index (χ4n) is 1.04. The van der Waals surface area contributed by atoms with E-state index in [4.69, 9.17) is 0 Å². The molecule has 0 aliphatic carbocycles. The van der Waals surface area contributed by atoms with Crippen molar-refractivity contribution in [2.75, 3.05) is 0 Å². The number of hydrogen-bond acceptors (Lipinski definition) is 1. The molecule has 2 atom stereocenters. The highest BCUT2D eigenvalue weighted by atomic mass is 32.1. The van der Waals surface area contributed by atoms with Crippen molar-refractivity contribution in [2.24, 2.45) is 5.92 Å². The van der Waals surface area contributed by atoms with E-state index in [2.05, 4.69) is 40.3 Å². The van der Waals surface area contributed by atoms with Gasteiger partial charge in [0.05, 0.1) is 0 Å². The Bertz CT molecular complexity index is 86.7. The molecule has 62 valence electrons. The van der Waals surface area contributed by atoms with Gasteiger partial charge in [-0.25, -0.2) is 0 Å². The van der Waals surface area contributed by atoms with E-state index in [9.17, 15) is 0 Å². The van der Waals surface area contributed by atoms with Crippen LogP contribution in [-0.4, -0.2) is 4.75 Å². The van der Waals surface area contributed by atoms with Crippen LogP contribution >= 0.6 is 12.6 Å². The van der Waals surface area contributed by atoms with E-state index >= 15 is 0 Å². The first-order valence-corrected chi connectivity index (χ1v) is 4.69. The predicted molar refractivity (Wildman–Crippen MR) is 51.8 cm³/mol. The van der Waals surface area contributed by atoms with E-state index in [0.717, 1.165) is 5.92 Å². The molecule has 0 heterocycles. The monoisotopic (exact) mass is 160 g/mol. The first-order valence-electron chi connectivity index (χ1n) is 4.24. The second-order valence-electron chi connectivity index (χ2n) is 3.57. The van der Waals surface area contributed by atoms with Gasteiger partial charge in [-0.2, -0.15) is 12.6 Å². The van der Waals surface area contributed by atoms with E-state index in [1.807, 2.05) is 0 Å². The Morgan fingerprint density at radius 2 is 1.90 bits per heavy atom. The van der Waals surface area contributed by atoms with Gasteiger partial charge in [-0.1, -0.05) is 34.1 Å². The lowest BCUT2D eigenvalue weighted by atomic mass is 9.93. The molecule has 1 heteroatoms. The van der Waals surface area contributed by atoms with Crippen molar-refractivity contribution in [3.05, 3.63) is 0 Å². The molecule has 0 aromatic heterocycles. The molecule has 0 amide bonds. The van der Waals surface area contributed by atoms with Gasteiger partial charge >= 0.3 is 0 Å². The second kappa shape index (κ2) is 4.27. The van der Waals surface area contributed by atoms with Crippen molar-refractivity contribution in [1.29, 1.82) is 0 Å². The van der Waals surface area contributed by atoms with Gasteiger partial charge < -0.3 is 0 Å². The van der Waals surface area contributed by atoms with Gasteiger partial charge in [-0.3, -0.25) is 0 Å². The minimum atomic E-state index is 0.259. The molecule has 0 fully saturated rings. The van der Waals surface area contributed by atoms with E-state index in [1.165, 1.54) is 19.3 Å². The van der Waals surface area contributed by atoms with Crippen molar-refractivity contribution < 1.29 is 0 Å². The Balaban J connectivity index is 3.64. The summed E-state index contributed by atoms with van der Waals surface area (Å²) in [6.45, 7) is 8.96. The van der Waals surface area contributed by atoms with Gasteiger partial charge in [0.25, 0.3) is 0 Å². The Labute approximate surface area is 70.8 Å². The molecule has 0 nitrogen and oxygen atoms in total. The molecule has 0 saturated heterocycles. The average molecular weight is 160 g/mol.